The fourth-order valence-corrected chi connectivity index (χ4v) is 7.08. The van der Waals surface area contributed by atoms with Crippen molar-refractivity contribution in [2.45, 2.75) is 65.6 Å². The number of aromatic nitrogens is 3. The lowest BCUT2D eigenvalue weighted by atomic mass is 9.84. The Morgan fingerprint density at radius 3 is 2.68 bits per heavy atom. The Morgan fingerprint density at radius 1 is 1.07 bits per heavy atom. The average molecular weight is 621 g/mol. The molecule has 44 heavy (non-hydrogen) atoms. The maximum Gasteiger partial charge on any atom is 0.385 e. The number of rotatable bonds is 4. The summed E-state index contributed by atoms with van der Waals surface area (Å²) < 4.78 is 52.4. The number of fused-ring (bicyclic) bond motifs is 5. The molecule has 9 bridgehead atoms. The second-order valence-electron chi connectivity index (χ2n) is 11.2. The predicted octanol–water partition coefficient (Wildman–Crippen LogP) is 4.95. The van der Waals surface area contributed by atoms with Crippen molar-refractivity contribution in [2.75, 3.05) is 20.3 Å². The van der Waals surface area contributed by atoms with Gasteiger partial charge in [-0.15, -0.1) is 5.10 Å². The van der Waals surface area contributed by atoms with E-state index < -0.39 is 10.3 Å². The van der Waals surface area contributed by atoms with Crippen LogP contribution in [-0.4, -0.2) is 54.0 Å². The molecule has 4 aromatic rings. The van der Waals surface area contributed by atoms with E-state index in [1.165, 1.54) is 11.4 Å². The van der Waals surface area contributed by atoms with Gasteiger partial charge in [0.25, 0.3) is 0 Å². The molecule has 0 saturated carbocycles. The Labute approximate surface area is 256 Å². The topological polar surface area (TPSA) is 122 Å². The molecule has 0 fully saturated rings. The van der Waals surface area contributed by atoms with Crippen LogP contribution >= 0.6 is 0 Å². The van der Waals surface area contributed by atoms with E-state index in [9.17, 15) is 13.2 Å². The highest BCUT2D eigenvalue weighted by molar-refractivity contribution is 7.84. The lowest BCUT2D eigenvalue weighted by Crippen LogP contribution is -2.37. The normalized spacial score (nSPS) is 19.4. The van der Waals surface area contributed by atoms with E-state index in [0.717, 1.165) is 51.7 Å². The molecule has 3 aliphatic heterocycles. The molecule has 232 valence electrons. The smallest absolute Gasteiger partial charge is 0.385 e. The van der Waals surface area contributed by atoms with Crippen molar-refractivity contribution in [1.82, 2.24) is 19.3 Å². The maximum atomic E-state index is 13.4. The Balaban J connectivity index is 1.48. The van der Waals surface area contributed by atoms with E-state index in [1.807, 2.05) is 48.9 Å². The van der Waals surface area contributed by atoms with Gasteiger partial charge in [0.05, 0.1) is 32.3 Å². The summed E-state index contributed by atoms with van der Waals surface area (Å²) in [5.41, 5.74) is 6.82. The van der Waals surface area contributed by atoms with E-state index in [2.05, 4.69) is 10.3 Å². The molecule has 2 unspecified atom stereocenters. The van der Waals surface area contributed by atoms with Gasteiger partial charge in [0.15, 0.2) is 11.5 Å². The van der Waals surface area contributed by atoms with Crippen molar-refractivity contribution >= 4 is 27.3 Å². The monoisotopic (exact) mass is 620 g/mol. The first-order valence-electron chi connectivity index (χ1n) is 14.8. The molecule has 4 heterocycles. The first-order valence-corrected chi connectivity index (χ1v) is 16.2. The van der Waals surface area contributed by atoms with E-state index >= 15 is 0 Å². The lowest BCUT2D eigenvalue weighted by molar-refractivity contribution is -0.143. The third kappa shape index (κ3) is 5.71. The van der Waals surface area contributed by atoms with Crippen LogP contribution in [0.5, 0.6) is 17.2 Å². The summed E-state index contributed by atoms with van der Waals surface area (Å²) in [5, 5.41) is 8.95. The lowest BCUT2D eigenvalue weighted by Gasteiger charge is -2.30. The number of hydrogen-bond donors (Lipinski definition) is 0. The number of methoxy groups -OCH3 is 1. The maximum absolute atomic E-state index is 13.4. The van der Waals surface area contributed by atoms with E-state index in [-0.39, 0.29) is 43.8 Å². The van der Waals surface area contributed by atoms with Crippen LogP contribution in [0.2, 0.25) is 0 Å². The molecule has 2 atom stereocenters. The zero-order valence-corrected chi connectivity index (χ0v) is 26.1. The molecule has 3 aliphatic rings. The molecule has 3 aromatic carbocycles. The first kappa shape index (κ1) is 29.9. The van der Waals surface area contributed by atoms with E-state index in [1.54, 1.807) is 19.1 Å². The van der Waals surface area contributed by atoms with Crippen LogP contribution in [0.3, 0.4) is 0 Å². The van der Waals surface area contributed by atoms with Crippen molar-refractivity contribution in [3.8, 4) is 17.2 Å². The minimum Gasteiger partial charge on any atom is -0.493 e. The molecule has 11 nitrogen and oxygen atoms in total. The van der Waals surface area contributed by atoms with Crippen LogP contribution in [0.1, 0.15) is 65.5 Å². The third-order valence-corrected chi connectivity index (χ3v) is 9.63. The molecular weight excluding hydrogens is 584 g/mol. The number of hydrogen-bond acceptors (Lipinski definition) is 9. The van der Waals surface area contributed by atoms with E-state index in [4.69, 9.17) is 18.4 Å². The Hall–Kier alpha value is -4.16. The van der Waals surface area contributed by atoms with Crippen LogP contribution in [0.15, 0.2) is 42.5 Å². The quantitative estimate of drug-likeness (QED) is 0.292. The average Bonchev–Trinajstić information content (AvgIpc) is 3.41. The van der Waals surface area contributed by atoms with Crippen molar-refractivity contribution in [1.29, 1.82) is 0 Å². The van der Waals surface area contributed by atoms with Gasteiger partial charge in [-0.2, -0.15) is 12.7 Å². The van der Waals surface area contributed by atoms with E-state index in [0.29, 0.717) is 30.2 Å². The van der Waals surface area contributed by atoms with Gasteiger partial charge < -0.3 is 18.4 Å². The summed E-state index contributed by atoms with van der Waals surface area (Å²) in [7, 11) is -2.65. The van der Waals surface area contributed by atoms with Crippen molar-refractivity contribution in [3.63, 3.8) is 0 Å². The summed E-state index contributed by atoms with van der Waals surface area (Å²) in [6.07, 6.45) is 1.70. The highest BCUT2D eigenvalue weighted by Gasteiger charge is 2.35. The van der Waals surface area contributed by atoms with Gasteiger partial charge in [-0.3, -0.25) is 4.79 Å². The molecule has 0 amide bonds. The predicted molar refractivity (Wildman–Crippen MR) is 163 cm³/mol. The molecule has 0 radical (unpaired) electrons. The van der Waals surface area contributed by atoms with Gasteiger partial charge in [0, 0.05) is 37.2 Å². The van der Waals surface area contributed by atoms with Crippen LogP contribution in [0.25, 0.3) is 11.0 Å². The summed E-state index contributed by atoms with van der Waals surface area (Å²) in [5.74, 6) is 0.394. The second-order valence-corrected chi connectivity index (χ2v) is 12.7. The number of carbonyl (C=O) groups excluding carboxylic acids is 1. The van der Waals surface area contributed by atoms with Crippen molar-refractivity contribution < 1.29 is 31.6 Å². The first-order chi connectivity index (χ1) is 21.2. The molecular formula is C32H36N4O7S. The highest BCUT2D eigenvalue weighted by Crippen LogP contribution is 2.42. The molecule has 0 N–H and O–H groups in total. The minimum absolute atomic E-state index is 0.0767. The number of carbonyl (C=O) groups is 1. The fraction of sp³-hybridized carbons (Fsp3) is 0.406. The largest absolute Gasteiger partial charge is 0.493 e. The van der Waals surface area contributed by atoms with Crippen LogP contribution in [0, 0.1) is 13.8 Å². The Bertz CT molecular complexity index is 1840. The molecule has 12 heteroatoms. The van der Waals surface area contributed by atoms with Gasteiger partial charge >= 0.3 is 16.3 Å². The summed E-state index contributed by atoms with van der Waals surface area (Å²) in [4.78, 5) is 12.9. The van der Waals surface area contributed by atoms with Gasteiger partial charge in [-0.1, -0.05) is 29.5 Å². The highest BCUT2D eigenvalue weighted by atomic mass is 32.2. The van der Waals surface area contributed by atoms with Crippen molar-refractivity contribution in [3.05, 3.63) is 75.8 Å². The molecule has 0 spiro atoms. The molecule has 0 saturated heterocycles. The number of nitrogens with zero attached hydrogens (tertiary/aromatic N) is 4. The second kappa shape index (κ2) is 12.1. The van der Waals surface area contributed by atoms with Gasteiger partial charge in [-0.25, -0.2) is 4.68 Å². The summed E-state index contributed by atoms with van der Waals surface area (Å²) in [6.45, 7) is 7.30. The molecule has 7 rings (SSSR count). The fourth-order valence-electron chi connectivity index (χ4n) is 5.98. The molecule has 1 aromatic heterocycles. The van der Waals surface area contributed by atoms with Crippen LogP contribution in [-0.2, 0) is 39.5 Å². The van der Waals surface area contributed by atoms with Gasteiger partial charge in [0.1, 0.15) is 11.3 Å². The number of ether oxygens (including phenoxy) is 3. The minimum atomic E-state index is -4.13. The molecule has 0 aliphatic carbocycles. The van der Waals surface area contributed by atoms with Crippen molar-refractivity contribution in [2.24, 2.45) is 0 Å². The number of benzene rings is 3. The number of aryl methyl sites for hydroxylation is 3. The zero-order valence-electron chi connectivity index (χ0n) is 25.3. The van der Waals surface area contributed by atoms with Crippen LogP contribution < -0.4 is 13.7 Å². The number of esters is 1. The zero-order chi connectivity index (χ0) is 31.0. The summed E-state index contributed by atoms with van der Waals surface area (Å²) >= 11 is 0. The van der Waals surface area contributed by atoms with Gasteiger partial charge in [0.2, 0.25) is 0 Å². The Morgan fingerprint density at radius 2 is 1.89 bits per heavy atom. The standard InChI is InChI=1S/C32H36N4O7S/c1-5-41-30(37)17-27-22-9-8-20(2)23(14-22)18-35-19-24-15-25(16-29(40-4)32(24)43-44(35,38)39)42-13-7-6-12-36-28-11-10-26(27)21(3)31(28)33-34-36/h8-11,14-16,27H,5-7,12-13,17-19H2,1-4H3. The van der Waals surface area contributed by atoms with Gasteiger partial charge in [-0.05, 0) is 73.6 Å². The Kier molecular flexibility index (Phi) is 8.21. The third-order valence-electron chi connectivity index (χ3n) is 8.37. The van der Waals surface area contributed by atoms with Crippen LogP contribution in [0.4, 0.5) is 0 Å². The summed E-state index contributed by atoms with van der Waals surface area (Å²) in [6, 6.07) is 13.4. The SMILES string of the molecule is CCOC(=O)CC1c2ccc(C)c(c2)CN2Cc3cc(cc(OC)c3OS2(=O)=O)OCCCCn2nnc3c(C)c1ccc32.